The van der Waals surface area contributed by atoms with E-state index in [2.05, 4.69) is 0 Å². The second-order valence-electron chi connectivity index (χ2n) is 5.69. The predicted octanol–water partition coefficient (Wildman–Crippen LogP) is 1.26. The zero-order valence-corrected chi connectivity index (χ0v) is 13.9. The molecule has 1 aromatic carbocycles. The molecule has 0 unspecified atom stereocenters. The van der Waals surface area contributed by atoms with E-state index >= 15 is 0 Å². The smallest absolute Gasteiger partial charge is 0.207 e. The molecule has 2 saturated heterocycles. The van der Waals surface area contributed by atoms with Crippen molar-refractivity contribution in [2.45, 2.75) is 35.5 Å². The maximum Gasteiger partial charge on any atom is 0.243 e. The Balaban J connectivity index is 1.86. The molecule has 0 saturated carbocycles. The third-order valence-electron chi connectivity index (χ3n) is 4.23. The lowest BCUT2D eigenvalue weighted by Crippen LogP contribution is -2.29. The first-order valence-electron chi connectivity index (χ1n) is 7.53. The van der Waals surface area contributed by atoms with E-state index in [1.54, 1.807) is 0 Å². The number of sulfonamides is 2. The van der Waals surface area contributed by atoms with Gasteiger partial charge in [0.05, 0.1) is 9.79 Å². The van der Waals surface area contributed by atoms with Gasteiger partial charge in [-0.3, -0.25) is 0 Å². The molecule has 2 aliphatic rings. The van der Waals surface area contributed by atoms with Crippen molar-refractivity contribution >= 4 is 20.0 Å². The molecule has 1 aromatic rings. The van der Waals surface area contributed by atoms with Crippen LogP contribution < -0.4 is 0 Å². The molecule has 0 spiro atoms. The Morgan fingerprint density at radius 2 is 0.864 bits per heavy atom. The predicted molar refractivity (Wildman–Crippen MR) is 82.4 cm³/mol. The highest BCUT2D eigenvalue weighted by Crippen LogP contribution is 2.24. The van der Waals surface area contributed by atoms with Crippen molar-refractivity contribution in [3.05, 3.63) is 24.3 Å². The van der Waals surface area contributed by atoms with Gasteiger partial charge in [0.1, 0.15) is 0 Å². The summed E-state index contributed by atoms with van der Waals surface area (Å²) >= 11 is 0. The fraction of sp³-hybridized carbons (Fsp3) is 0.571. The molecule has 122 valence electrons. The van der Waals surface area contributed by atoms with Crippen LogP contribution in [-0.4, -0.2) is 51.6 Å². The van der Waals surface area contributed by atoms with Gasteiger partial charge in [-0.25, -0.2) is 16.8 Å². The molecule has 22 heavy (non-hydrogen) atoms. The van der Waals surface area contributed by atoms with Crippen LogP contribution in [0.3, 0.4) is 0 Å². The fourth-order valence-corrected chi connectivity index (χ4v) is 5.97. The lowest BCUT2D eigenvalue weighted by atomic mass is 10.4. The van der Waals surface area contributed by atoms with E-state index in [0.717, 1.165) is 25.7 Å². The van der Waals surface area contributed by atoms with Gasteiger partial charge in [-0.05, 0) is 49.9 Å². The van der Waals surface area contributed by atoms with Gasteiger partial charge in [-0.2, -0.15) is 8.61 Å². The van der Waals surface area contributed by atoms with E-state index in [0.29, 0.717) is 26.2 Å². The largest absolute Gasteiger partial charge is 0.243 e. The van der Waals surface area contributed by atoms with Gasteiger partial charge in [-0.1, -0.05) is 0 Å². The molecule has 0 N–H and O–H groups in total. The van der Waals surface area contributed by atoms with Crippen molar-refractivity contribution in [2.24, 2.45) is 0 Å². The number of nitrogens with zero attached hydrogens (tertiary/aromatic N) is 2. The van der Waals surface area contributed by atoms with Crippen LogP contribution in [-0.2, 0) is 20.0 Å². The standard InChI is InChI=1S/C14H20N2O4S2/c17-21(18,15-9-1-2-10-15)13-5-7-14(8-6-13)22(19,20)16-11-3-4-12-16/h5-8H,1-4,9-12H2. The summed E-state index contributed by atoms with van der Waals surface area (Å²) in [6.45, 7) is 2.15. The average molecular weight is 344 g/mol. The maximum atomic E-state index is 12.4. The van der Waals surface area contributed by atoms with E-state index < -0.39 is 20.0 Å². The van der Waals surface area contributed by atoms with Crippen LogP contribution >= 0.6 is 0 Å². The topological polar surface area (TPSA) is 74.8 Å². The van der Waals surface area contributed by atoms with Crippen LogP contribution in [0.5, 0.6) is 0 Å². The molecule has 0 aliphatic carbocycles. The van der Waals surface area contributed by atoms with Crippen LogP contribution in [0.4, 0.5) is 0 Å². The summed E-state index contributed by atoms with van der Waals surface area (Å²) in [5, 5.41) is 0. The van der Waals surface area contributed by atoms with Gasteiger partial charge in [0.15, 0.2) is 0 Å². The normalized spacial score (nSPS) is 21.5. The van der Waals surface area contributed by atoms with E-state index in [1.165, 1.54) is 32.9 Å². The maximum absolute atomic E-state index is 12.4. The van der Waals surface area contributed by atoms with E-state index in [4.69, 9.17) is 0 Å². The first-order chi connectivity index (χ1) is 10.4. The number of hydrogen-bond donors (Lipinski definition) is 0. The third kappa shape index (κ3) is 2.80. The molecule has 2 aliphatic heterocycles. The van der Waals surface area contributed by atoms with Gasteiger partial charge in [0.2, 0.25) is 20.0 Å². The van der Waals surface area contributed by atoms with Gasteiger partial charge in [0, 0.05) is 26.2 Å². The molecule has 2 fully saturated rings. The first kappa shape index (κ1) is 15.9. The summed E-state index contributed by atoms with van der Waals surface area (Å²) in [6, 6.07) is 5.60. The van der Waals surface area contributed by atoms with Crippen LogP contribution in [0.15, 0.2) is 34.1 Å². The van der Waals surface area contributed by atoms with Crippen molar-refractivity contribution < 1.29 is 16.8 Å². The zero-order chi connectivity index (χ0) is 15.8. The van der Waals surface area contributed by atoms with Crippen molar-refractivity contribution in [3.8, 4) is 0 Å². The summed E-state index contributed by atoms with van der Waals surface area (Å²) < 4.78 is 52.6. The molecule has 2 heterocycles. The molecule has 6 nitrogen and oxygen atoms in total. The molecular weight excluding hydrogens is 324 g/mol. The molecule has 0 atom stereocenters. The number of rotatable bonds is 4. The Kier molecular flexibility index (Phi) is 4.28. The highest BCUT2D eigenvalue weighted by Gasteiger charge is 2.29. The summed E-state index contributed by atoms with van der Waals surface area (Å²) in [6.07, 6.45) is 3.50. The molecule has 0 bridgehead atoms. The van der Waals surface area contributed by atoms with Gasteiger partial charge in [-0.15, -0.1) is 0 Å². The SMILES string of the molecule is O=S(=O)(c1ccc(S(=O)(=O)N2CCCC2)cc1)N1CCCC1. The van der Waals surface area contributed by atoms with Crippen LogP contribution in [0.1, 0.15) is 25.7 Å². The minimum absolute atomic E-state index is 0.162. The summed E-state index contributed by atoms with van der Waals surface area (Å²) in [5.74, 6) is 0. The van der Waals surface area contributed by atoms with E-state index in [1.807, 2.05) is 0 Å². The van der Waals surface area contributed by atoms with E-state index in [9.17, 15) is 16.8 Å². The van der Waals surface area contributed by atoms with Gasteiger partial charge < -0.3 is 0 Å². The Morgan fingerprint density at radius 1 is 0.591 bits per heavy atom. The minimum atomic E-state index is -3.50. The molecule has 0 aromatic heterocycles. The third-order valence-corrected chi connectivity index (χ3v) is 8.06. The highest BCUT2D eigenvalue weighted by molar-refractivity contribution is 7.89. The lowest BCUT2D eigenvalue weighted by molar-refractivity contribution is 0.474. The average Bonchev–Trinajstić information content (AvgIpc) is 3.20. The molecule has 8 heteroatoms. The molecular formula is C14H20N2O4S2. The van der Waals surface area contributed by atoms with Crippen LogP contribution in [0.25, 0.3) is 0 Å². The Morgan fingerprint density at radius 3 is 1.14 bits per heavy atom. The fourth-order valence-electron chi connectivity index (χ4n) is 2.94. The summed E-state index contributed by atoms with van der Waals surface area (Å²) in [4.78, 5) is 0.324. The van der Waals surface area contributed by atoms with Crippen LogP contribution in [0.2, 0.25) is 0 Å². The summed E-state index contributed by atoms with van der Waals surface area (Å²) in [7, 11) is -6.99. The van der Waals surface area contributed by atoms with Crippen molar-refractivity contribution in [2.75, 3.05) is 26.2 Å². The zero-order valence-electron chi connectivity index (χ0n) is 12.3. The van der Waals surface area contributed by atoms with Gasteiger partial charge in [0.25, 0.3) is 0 Å². The monoisotopic (exact) mass is 344 g/mol. The van der Waals surface area contributed by atoms with E-state index in [-0.39, 0.29) is 9.79 Å². The first-order valence-corrected chi connectivity index (χ1v) is 10.4. The second-order valence-corrected chi connectivity index (χ2v) is 9.57. The summed E-state index contributed by atoms with van der Waals surface area (Å²) in [5.41, 5.74) is 0. The quantitative estimate of drug-likeness (QED) is 0.824. The minimum Gasteiger partial charge on any atom is -0.207 e. The molecule has 0 amide bonds. The Hall–Kier alpha value is -0.960. The Labute approximate surface area is 131 Å². The highest BCUT2D eigenvalue weighted by atomic mass is 32.2. The lowest BCUT2D eigenvalue weighted by Gasteiger charge is -2.17. The Bertz CT molecular complexity index is 665. The van der Waals surface area contributed by atoms with Gasteiger partial charge >= 0.3 is 0 Å². The number of hydrogen-bond acceptors (Lipinski definition) is 4. The van der Waals surface area contributed by atoms with Crippen LogP contribution in [0, 0.1) is 0 Å². The van der Waals surface area contributed by atoms with Crippen molar-refractivity contribution in [3.63, 3.8) is 0 Å². The number of benzene rings is 1. The van der Waals surface area contributed by atoms with Crippen molar-refractivity contribution in [1.82, 2.24) is 8.61 Å². The molecule has 0 radical (unpaired) electrons. The molecule has 3 rings (SSSR count). The van der Waals surface area contributed by atoms with Crippen molar-refractivity contribution in [1.29, 1.82) is 0 Å². The second kappa shape index (κ2) is 5.92.